The van der Waals surface area contributed by atoms with E-state index in [4.69, 9.17) is 22.1 Å². The zero-order valence-corrected chi connectivity index (χ0v) is 16.4. The van der Waals surface area contributed by atoms with Gasteiger partial charge in [-0.3, -0.25) is 4.79 Å². The molecule has 1 saturated carbocycles. The highest BCUT2D eigenvalue weighted by molar-refractivity contribution is 6.31. The maximum atomic E-state index is 13.1. The van der Waals surface area contributed by atoms with Crippen molar-refractivity contribution >= 4 is 29.9 Å². The Labute approximate surface area is 156 Å². The van der Waals surface area contributed by atoms with Crippen LogP contribution in [0, 0.1) is 5.41 Å². The van der Waals surface area contributed by atoms with Gasteiger partial charge >= 0.3 is 0 Å². The van der Waals surface area contributed by atoms with Crippen LogP contribution in [-0.2, 0) is 16.1 Å². The summed E-state index contributed by atoms with van der Waals surface area (Å²) in [7, 11) is 0. The molecule has 1 amide bonds. The van der Waals surface area contributed by atoms with Gasteiger partial charge in [-0.05, 0) is 25.5 Å². The van der Waals surface area contributed by atoms with Crippen molar-refractivity contribution in [1.29, 1.82) is 0 Å². The summed E-state index contributed by atoms with van der Waals surface area (Å²) in [4.78, 5) is 14.8. The van der Waals surface area contributed by atoms with Crippen LogP contribution in [-0.4, -0.2) is 35.6 Å². The van der Waals surface area contributed by atoms with Crippen molar-refractivity contribution in [1.82, 2.24) is 4.90 Å². The lowest BCUT2D eigenvalue weighted by atomic mass is 9.54. The fourth-order valence-electron chi connectivity index (χ4n) is 3.24. The third-order valence-corrected chi connectivity index (χ3v) is 5.57. The first-order chi connectivity index (χ1) is 10.8. The van der Waals surface area contributed by atoms with Gasteiger partial charge in [0.15, 0.2) is 0 Å². The van der Waals surface area contributed by atoms with Crippen molar-refractivity contribution in [3.05, 3.63) is 34.9 Å². The van der Waals surface area contributed by atoms with Crippen LogP contribution >= 0.6 is 24.0 Å². The number of hydrogen-bond donors (Lipinski definition) is 1. The van der Waals surface area contributed by atoms with Gasteiger partial charge in [-0.2, -0.15) is 0 Å². The van der Waals surface area contributed by atoms with E-state index in [1.54, 1.807) is 4.90 Å². The maximum Gasteiger partial charge on any atom is 0.243 e. The standard InChI is InChI=1S/C18H27ClN2O2.ClH/c1-5-21(12-13-9-7-8-10-14(13)19)16(22)18(20)11-15(23-6-2)17(18,3)4;/h7-10,15H,5-6,11-12,20H2,1-4H3;1H. The molecule has 0 aliphatic heterocycles. The predicted octanol–water partition coefficient (Wildman–Crippen LogP) is 3.64. The Morgan fingerprint density at radius 1 is 1.38 bits per heavy atom. The molecule has 2 rings (SSSR count). The Morgan fingerprint density at radius 2 is 2.00 bits per heavy atom. The molecule has 1 fully saturated rings. The molecule has 0 heterocycles. The molecule has 0 saturated heterocycles. The molecule has 0 bridgehead atoms. The predicted molar refractivity (Wildman–Crippen MR) is 101 cm³/mol. The summed E-state index contributed by atoms with van der Waals surface area (Å²) >= 11 is 6.22. The minimum atomic E-state index is -0.885. The number of ether oxygens (including phenoxy) is 1. The number of halogens is 2. The van der Waals surface area contributed by atoms with Crippen molar-refractivity contribution in [2.45, 2.75) is 52.3 Å². The lowest BCUT2D eigenvalue weighted by Crippen LogP contribution is -2.76. The molecule has 24 heavy (non-hydrogen) atoms. The van der Waals surface area contributed by atoms with Crippen molar-refractivity contribution in [3.8, 4) is 0 Å². The highest BCUT2D eigenvalue weighted by Gasteiger charge is 2.63. The molecule has 1 aromatic rings. The smallest absolute Gasteiger partial charge is 0.243 e. The minimum absolute atomic E-state index is 0. The summed E-state index contributed by atoms with van der Waals surface area (Å²) < 4.78 is 5.72. The summed E-state index contributed by atoms with van der Waals surface area (Å²) in [6.07, 6.45) is 0.589. The fraction of sp³-hybridized carbons (Fsp3) is 0.611. The second kappa shape index (κ2) is 8.05. The molecule has 1 aromatic carbocycles. The molecular formula is C18H28Cl2N2O2. The fourth-order valence-corrected chi connectivity index (χ4v) is 3.44. The summed E-state index contributed by atoms with van der Waals surface area (Å²) in [6, 6.07) is 7.59. The molecule has 4 nitrogen and oxygen atoms in total. The van der Waals surface area contributed by atoms with E-state index >= 15 is 0 Å². The van der Waals surface area contributed by atoms with Crippen LogP contribution in [0.1, 0.15) is 39.7 Å². The Balaban J connectivity index is 0.00000288. The van der Waals surface area contributed by atoms with Crippen LogP contribution in [0.5, 0.6) is 0 Å². The molecule has 0 radical (unpaired) electrons. The van der Waals surface area contributed by atoms with Gasteiger partial charge in [0.05, 0.1) is 6.10 Å². The Hall–Kier alpha value is -0.810. The minimum Gasteiger partial charge on any atom is -0.378 e. The molecule has 1 aliphatic carbocycles. The van der Waals surface area contributed by atoms with Gasteiger partial charge in [-0.25, -0.2) is 0 Å². The van der Waals surface area contributed by atoms with Crippen molar-refractivity contribution in [2.24, 2.45) is 11.1 Å². The average Bonchev–Trinajstić information content (AvgIpc) is 2.53. The number of nitrogens with two attached hydrogens (primary N) is 1. The highest BCUT2D eigenvalue weighted by atomic mass is 35.5. The first kappa shape index (κ1) is 21.2. The highest BCUT2D eigenvalue weighted by Crippen LogP contribution is 2.50. The van der Waals surface area contributed by atoms with E-state index in [-0.39, 0.29) is 29.8 Å². The van der Waals surface area contributed by atoms with Crippen molar-refractivity contribution in [3.63, 3.8) is 0 Å². The van der Waals surface area contributed by atoms with Crippen LogP contribution < -0.4 is 5.73 Å². The zero-order chi connectivity index (χ0) is 17.3. The summed E-state index contributed by atoms with van der Waals surface area (Å²) in [6.45, 7) is 9.65. The number of carbonyl (C=O) groups excluding carboxylic acids is 1. The number of benzene rings is 1. The quantitative estimate of drug-likeness (QED) is 0.826. The number of carbonyl (C=O) groups is 1. The molecule has 6 heteroatoms. The lowest BCUT2D eigenvalue weighted by Gasteiger charge is -2.58. The van der Waals surface area contributed by atoms with Crippen LogP contribution in [0.25, 0.3) is 0 Å². The SMILES string of the molecule is CCOC1CC(N)(C(=O)N(CC)Cc2ccccc2Cl)C1(C)C.Cl. The van der Waals surface area contributed by atoms with Gasteiger partial charge in [0, 0.05) is 36.6 Å². The van der Waals surface area contributed by atoms with E-state index in [1.165, 1.54) is 0 Å². The Bertz CT molecular complexity index is 580. The molecule has 0 aromatic heterocycles. The second-order valence-corrected chi connectivity index (χ2v) is 7.16. The summed E-state index contributed by atoms with van der Waals surface area (Å²) in [5.41, 5.74) is 6.18. The maximum absolute atomic E-state index is 13.1. The van der Waals surface area contributed by atoms with Gasteiger partial charge < -0.3 is 15.4 Å². The summed E-state index contributed by atoms with van der Waals surface area (Å²) in [5.74, 6) is -0.0270. The first-order valence-electron chi connectivity index (χ1n) is 8.21. The third-order valence-electron chi connectivity index (χ3n) is 5.20. The van der Waals surface area contributed by atoms with Crippen LogP contribution in [0.2, 0.25) is 5.02 Å². The molecule has 136 valence electrons. The molecule has 2 atom stereocenters. The van der Waals surface area contributed by atoms with Crippen LogP contribution in [0.3, 0.4) is 0 Å². The molecule has 1 aliphatic rings. The Kier molecular flexibility index (Phi) is 7.12. The zero-order valence-electron chi connectivity index (χ0n) is 14.8. The van der Waals surface area contributed by atoms with Gasteiger partial charge in [0.1, 0.15) is 5.54 Å². The van der Waals surface area contributed by atoms with E-state index in [0.717, 1.165) is 5.56 Å². The van der Waals surface area contributed by atoms with Gasteiger partial charge in [-0.15, -0.1) is 12.4 Å². The molecule has 2 N–H and O–H groups in total. The monoisotopic (exact) mass is 374 g/mol. The van der Waals surface area contributed by atoms with Gasteiger partial charge in [0.25, 0.3) is 0 Å². The van der Waals surface area contributed by atoms with Crippen molar-refractivity contribution < 1.29 is 9.53 Å². The topological polar surface area (TPSA) is 55.6 Å². The average molecular weight is 375 g/mol. The van der Waals surface area contributed by atoms with Gasteiger partial charge in [-0.1, -0.05) is 43.6 Å². The number of hydrogen-bond acceptors (Lipinski definition) is 3. The third kappa shape index (κ3) is 3.57. The normalized spacial score (nSPS) is 24.7. The lowest BCUT2D eigenvalue weighted by molar-refractivity contribution is -0.179. The number of amides is 1. The van der Waals surface area contributed by atoms with E-state index in [2.05, 4.69) is 0 Å². The Morgan fingerprint density at radius 3 is 2.50 bits per heavy atom. The van der Waals surface area contributed by atoms with E-state index in [1.807, 2.05) is 52.0 Å². The first-order valence-corrected chi connectivity index (χ1v) is 8.59. The van der Waals surface area contributed by atoms with E-state index < -0.39 is 5.54 Å². The summed E-state index contributed by atoms with van der Waals surface area (Å²) in [5, 5.41) is 0.671. The number of likely N-dealkylation sites (N-methyl/N-ethyl adjacent to an activating group) is 1. The van der Waals surface area contributed by atoms with E-state index in [9.17, 15) is 4.79 Å². The van der Waals surface area contributed by atoms with Gasteiger partial charge in [0.2, 0.25) is 5.91 Å². The van der Waals surface area contributed by atoms with Crippen LogP contribution in [0.15, 0.2) is 24.3 Å². The second-order valence-electron chi connectivity index (χ2n) is 6.75. The van der Waals surface area contributed by atoms with Crippen molar-refractivity contribution in [2.75, 3.05) is 13.2 Å². The molecular weight excluding hydrogens is 347 g/mol. The van der Waals surface area contributed by atoms with Crippen LogP contribution in [0.4, 0.5) is 0 Å². The largest absolute Gasteiger partial charge is 0.378 e. The molecule has 0 spiro atoms. The number of nitrogens with zero attached hydrogens (tertiary/aromatic N) is 1. The molecule has 2 unspecified atom stereocenters. The number of rotatable bonds is 6. The van der Waals surface area contributed by atoms with E-state index in [0.29, 0.717) is 31.1 Å².